The van der Waals surface area contributed by atoms with Crippen LogP contribution in [0.5, 0.6) is 0 Å². The van der Waals surface area contributed by atoms with Gasteiger partial charge in [-0.15, -0.1) is 0 Å². The van der Waals surface area contributed by atoms with Crippen LogP contribution >= 0.6 is 0 Å². The van der Waals surface area contributed by atoms with Crippen LogP contribution in [-0.4, -0.2) is 61.1 Å². The van der Waals surface area contributed by atoms with Crippen LogP contribution in [0.25, 0.3) is 0 Å². The van der Waals surface area contributed by atoms with E-state index >= 15 is 0 Å². The second-order valence-corrected chi connectivity index (χ2v) is 5.68. The van der Waals surface area contributed by atoms with Crippen LogP contribution < -0.4 is 5.43 Å². The van der Waals surface area contributed by atoms with E-state index in [9.17, 15) is 9.90 Å². The van der Waals surface area contributed by atoms with Crippen molar-refractivity contribution in [2.75, 3.05) is 39.5 Å². The SMILES string of the molecule is CCOC(=O)C1CCC(O)(CNN2CCOCC2)CC1. The van der Waals surface area contributed by atoms with Gasteiger partial charge >= 0.3 is 5.97 Å². The van der Waals surface area contributed by atoms with Crippen molar-refractivity contribution in [1.29, 1.82) is 0 Å². The molecule has 0 aromatic rings. The van der Waals surface area contributed by atoms with Crippen LogP contribution in [-0.2, 0) is 14.3 Å². The molecule has 2 aliphatic rings. The number of hydrazine groups is 1. The Balaban J connectivity index is 1.71. The first-order chi connectivity index (χ1) is 9.63. The molecule has 1 aliphatic heterocycles. The number of morpholine rings is 1. The Morgan fingerprint density at radius 1 is 1.40 bits per heavy atom. The van der Waals surface area contributed by atoms with Gasteiger partial charge in [0.15, 0.2) is 0 Å². The number of esters is 1. The van der Waals surface area contributed by atoms with Crippen molar-refractivity contribution in [3.63, 3.8) is 0 Å². The predicted octanol–water partition coefficient (Wildman–Crippen LogP) is 0.308. The first-order valence-corrected chi connectivity index (χ1v) is 7.58. The van der Waals surface area contributed by atoms with Crippen molar-refractivity contribution in [1.82, 2.24) is 10.4 Å². The molecule has 0 radical (unpaired) electrons. The van der Waals surface area contributed by atoms with Crippen molar-refractivity contribution >= 4 is 5.97 Å². The molecule has 2 N–H and O–H groups in total. The number of hydrogen-bond acceptors (Lipinski definition) is 6. The average molecular weight is 286 g/mol. The van der Waals surface area contributed by atoms with Gasteiger partial charge in [0.05, 0.1) is 31.3 Å². The van der Waals surface area contributed by atoms with Gasteiger partial charge in [-0.3, -0.25) is 10.2 Å². The molecule has 2 fully saturated rings. The van der Waals surface area contributed by atoms with Gasteiger partial charge in [-0.1, -0.05) is 0 Å². The maximum atomic E-state index is 11.7. The van der Waals surface area contributed by atoms with E-state index in [-0.39, 0.29) is 11.9 Å². The minimum Gasteiger partial charge on any atom is -0.466 e. The Hall–Kier alpha value is -0.690. The smallest absolute Gasteiger partial charge is 0.308 e. The van der Waals surface area contributed by atoms with Crippen molar-refractivity contribution < 1.29 is 19.4 Å². The standard InChI is InChI=1S/C14H26N2O4/c1-2-20-13(17)12-3-5-14(18,6-4-12)11-15-16-7-9-19-10-8-16/h12,15,18H,2-11H2,1H3. The quantitative estimate of drug-likeness (QED) is 0.709. The van der Waals surface area contributed by atoms with Crippen LogP contribution in [0.2, 0.25) is 0 Å². The van der Waals surface area contributed by atoms with E-state index in [2.05, 4.69) is 10.4 Å². The second-order valence-electron chi connectivity index (χ2n) is 5.68. The molecule has 1 saturated carbocycles. The zero-order valence-corrected chi connectivity index (χ0v) is 12.3. The summed E-state index contributed by atoms with van der Waals surface area (Å²) in [6.07, 6.45) is 2.71. The fraction of sp³-hybridized carbons (Fsp3) is 0.929. The third kappa shape index (κ3) is 4.41. The Bertz CT molecular complexity index is 310. The van der Waals surface area contributed by atoms with Crippen LogP contribution in [0.4, 0.5) is 0 Å². The molecule has 20 heavy (non-hydrogen) atoms. The van der Waals surface area contributed by atoms with E-state index in [1.807, 2.05) is 6.92 Å². The lowest BCUT2D eigenvalue weighted by Crippen LogP contribution is -2.53. The van der Waals surface area contributed by atoms with E-state index in [1.54, 1.807) is 0 Å². The highest BCUT2D eigenvalue weighted by Crippen LogP contribution is 2.32. The molecule has 0 aromatic carbocycles. The van der Waals surface area contributed by atoms with Gasteiger partial charge < -0.3 is 14.6 Å². The maximum Gasteiger partial charge on any atom is 0.308 e. The molecule has 0 unspecified atom stereocenters. The Morgan fingerprint density at radius 2 is 2.05 bits per heavy atom. The molecule has 1 saturated heterocycles. The van der Waals surface area contributed by atoms with Crippen LogP contribution in [0, 0.1) is 5.92 Å². The van der Waals surface area contributed by atoms with Gasteiger partial charge in [-0.05, 0) is 32.6 Å². The van der Waals surface area contributed by atoms with E-state index < -0.39 is 5.60 Å². The fourth-order valence-electron chi connectivity index (χ4n) is 2.81. The topological polar surface area (TPSA) is 71.0 Å². The molecule has 116 valence electrons. The van der Waals surface area contributed by atoms with Crippen LogP contribution in [0.15, 0.2) is 0 Å². The third-order valence-corrected chi connectivity index (χ3v) is 4.18. The fourth-order valence-corrected chi connectivity index (χ4v) is 2.81. The lowest BCUT2D eigenvalue weighted by Gasteiger charge is -2.37. The molecule has 1 aliphatic carbocycles. The Labute approximate surface area is 120 Å². The van der Waals surface area contributed by atoms with E-state index in [1.165, 1.54) is 0 Å². The van der Waals surface area contributed by atoms with Crippen molar-refractivity contribution in [3.05, 3.63) is 0 Å². The van der Waals surface area contributed by atoms with Crippen molar-refractivity contribution in [2.24, 2.45) is 5.92 Å². The molecule has 0 aromatic heterocycles. The first kappa shape index (κ1) is 15.7. The number of hydrogen-bond donors (Lipinski definition) is 2. The van der Waals surface area contributed by atoms with Gasteiger partial charge in [0.1, 0.15) is 0 Å². The Kier molecular flexibility index (Phi) is 5.77. The van der Waals surface area contributed by atoms with Gasteiger partial charge in [0.25, 0.3) is 0 Å². The molecule has 0 bridgehead atoms. The van der Waals surface area contributed by atoms with E-state index in [0.29, 0.717) is 38.8 Å². The molecule has 0 amide bonds. The highest BCUT2D eigenvalue weighted by atomic mass is 16.5. The molecular formula is C14H26N2O4. The minimum absolute atomic E-state index is 0.0430. The lowest BCUT2D eigenvalue weighted by atomic mass is 9.79. The molecule has 6 heteroatoms. The first-order valence-electron chi connectivity index (χ1n) is 7.58. The van der Waals surface area contributed by atoms with E-state index in [0.717, 1.165) is 26.3 Å². The third-order valence-electron chi connectivity index (χ3n) is 4.18. The summed E-state index contributed by atoms with van der Waals surface area (Å²) in [6, 6.07) is 0. The summed E-state index contributed by atoms with van der Waals surface area (Å²) in [6.45, 7) is 5.96. The summed E-state index contributed by atoms with van der Waals surface area (Å²) in [7, 11) is 0. The highest BCUT2D eigenvalue weighted by molar-refractivity contribution is 5.72. The maximum absolute atomic E-state index is 11.7. The van der Waals surface area contributed by atoms with E-state index in [4.69, 9.17) is 9.47 Å². The van der Waals surface area contributed by atoms with Crippen LogP contribution in [0.1, 0.15) is 32.6 Å². The lowest BCUT2D eigenvalue weighted by molar-refractivity contribution is -0.151. The largest absolute Gasteiger partial charge is 0.466 e. The summed E-state index contributed by atoms with van der Waals surface area (Å²) in [4.78, 5) is 11.7. The van der Waals surface area contributed by atoms with Gasteiger partial charge in [0.2, 0.25) is 0 Å². The monoisotopic (exact) mass is 286 g/mol. The molecule has 6 nitrogen and oxygen atoms in total. The highest BCUT2D eigenvalue weighted by Gasteiger charge is 2.36. The second kappa shape index (κ2) is 7.36. The summed E-state index contributed by atoms with van der Waals surface area (Å²) >= 11 is 0. The molecule has 0 atom stereocenters. The zero-order chi connectivity index (χ0) is 14.4. The normalized spacial score (nSPS) is 32.0. The molecular weight excluding hydrogens is 260 g/mol. The summed E-state index contributed by atoms with van der Waals surface area (Å²) in [5.74, 6) is -0.158. The minimum atomic E-state index is -0.707. The average Bonchev–Trinajstić information content (AvgIpc) is 2.47. The number of rotatable bonds is 5. The molecule has 2 rings (SSSR count). The molecule has 1 heterocycles. The predicted molar refractivity (Wildman–Crippen MR) is 73.9 cm³/mol. The summed E-state index contributed by atoms with van der Waals surface area (Å²) in [5, 5.41) is 12.7. The van der Waals surface area contributed by atoms with Crippen LogP contribution in [0.3, 0.4) is 0 Å². The molecule has 0 spiro atoms. The van der Waals surface area contributed by atoms with Crippen molar-refractivity contribution in [3.8, 4) is 0 Å². The van der Waals surface area contributed by atoms with Gasteiger partial charge in [0, 0.05) is 19.6 Å². The number of nitrogens with one attached hydrogen (secondary N) is 1. The van der Waals surface area contributed by atoms with Gasteiger partial charge in [-0.25, -0.2) is 5.01 Å². The number of nitrogens with zero attached hydrogens (tertiary/aromatic N) is 1. The zero-order valence-electron chi connectivity index (χ0n) is 12.3. The summed E-state index contributed by atoms with van der Waals surface area (Å²) in [5.41, 5.74) is 2.58. The van der Waals surface area contributed by atoms with Gasteiger partial charge in [-0.2, -0.15) is 0 Å². The Morgan fingerprint density at radius 3 is 2.65 bits per heavy atom. The number of aliphatic hydroxyl groups is 1. The van der Waals surface area contributed by atoms with Crippen molar-refractivity contribution in [2.45, 2.75) is 38.2 Å². The number of ether oxygens (including phenoxy) is 2. The number of carbonyl (C=O) groups excluding carboxylic acids is 1. The summed E-state index contributed by atoms with van der Waals surface area (Å²) < 4.78 is 10.3. The number of carbonyl (C=O) groups is 1.